The molecule has 1 aromatic heterocycles. The highest BCUT2D eigenvalue weighted by Crippen LogP contribution is 2.23. The Hall–Kier alpha value is -1.26. The Morgan fingerprint density at radius 1 is 1.20 bits per heavy atom. The maximum atomic E-state index is 9.80. The number of benzene rings is 1. The summed E-state index contributed by atoms with van der Waals surface area (Å²) in [5, 5.41) is 11.7. The third-order valence-corrected chi connectivity index (χ3v) is 2.96. The summed E-state index contributed by atoms with van der Waals surface area (Å²) in [7, 11) is -0.889. The zero-order valence-electron chi connectivity index (χ0n) is 8.38. The Morgan fingerprint density at radius 2 is 1.93 bits per heavy atom. The highest BCUT2D eigenvalue weighted by Gasteiger charge is 2.19. The third kappa shape index (κ3) is 2.40. The van der Waals surface area contributed by atoms with Gasteiger partial charge in [0.05, 0.1) is 0 Å². The molecular formula is C11H11BO2S. The molecule has 2 rings (SSSR count). The minimum Gasteiger partial charge on any atom is -0.532 e. The van der Waals surface area contributed by atoms with Crippen molar-refractivity contribution in [1.82, 2.24) is 0 Å². The molecule has 0 bridgehead atoms. The van der Waals surface area contributed by atoms with Crippen LogP contribution in [0.2, 0.25) is 0 Å². The quantitative estimate of drug-likeness (QED) is 0.796. The third-order valence-electron chi connectivity index (χ3n) is 2.13. The molecule has 0 saturated heterocycles. The zero-order chi connectivity index (χ0) is 10.7. The van der Waals surface area contributed by atoms with Crippen LogP contribution in [0.5, 0.6) is 5.75 Å². The fraction of sp³-hybridized carbons (Fsp3) is 0.0909. The van der Waals surface area contributed by atoms with Crippen LogP contribution in [-0.4, -0.2) is 12.1 Å². The van der Waals surface area contributed by atoms with Crippen molar-refractivity contribution in [3.63, 3.8) is 0 Å². The lowest BCUT2D eigenvalue weighted by molar-refractivity contribution is 0.432. The van der Waals surface area contributed by atoms with Crippen LogP contribution in [-0.2, 0) is 0 Å². The minimum absolute atomic E-state index is 0.747. The van der Waals surface area contributed by atoms with Crippen molar-refractivity contribution < 1.29 is 9.68 Å². The summed E-state index contributed by atoms with van der Waals surface area (Å²) in [6.45, 7) is 1.97. The van der Waals surface area contributed by atoms with Gasteiger partial charge in [0.15, 0.2) is 0 Å². The van der Waals surface area contributed by atoms with Crippen LogP contribution in [0.15, 0.2) is 41.8 Å². The van der Waals surface area contributed by atoms with Crippen LogP contribution in [0.25, 0.3) is 0 Å². The van der Waals surface area contributed by atoms with E-state index in [1.807, 2.05) is 48.7 Å². The second-order valence-electron chi connectivity index (χ2n) is 3.22. The van der Waals surface area contributed by atoms with Gasteiger partial charge in [0, 0.05) is 4.88 Å². The van der Waals surface area contributed by atoms with E-state index >= 15 is 0 Å². The average molecular weight is 218 g/mol. The summed E-state index contributed by atoms with van der Waals surface area (Å²) in [5.41, 5.74) is 0.767. The van der Waals surface area contributed by atoms with Crippen molar-refractivity contribution in [1.29, 1.82) is 0 Å². The summed E-state index contributed by atoms with van der Waals surface area (Å²) in [4.78, 5) is 1.07. The van der Waals surface area contributed by atoms with Crippen molar-refractivity contribution >= 4 is 23.9 Å². The van der Waals surface area contributed by atoms with Crippen LogP contribution in [0.3, 0.4) is 0 Å². The monoisotopic (exact) mass is 218 g/mol. The van der Waals surface area contributed by atoms with Crippen molar-refractivity contribution in [2.45, 2.75) is 6.92 Å². The molecule has 0 atom stereocenters. The van der Waals surface area contributed by atoms with Crippen molar-refractivity contribution in [3.8, 4) is 5.75 Å². The first-order valence-electron chi connectivity index (χ1n) is 4.71. The molecule has 1 heterocycles. The van der Waals surface area contributed by atoms with Crippen LogP contribution in [0, 0.1) is 6.92 Å². The first-order valence-corrected chi connectivity index (χ1v) is 5.59. The summed E-state index contributed by atoms with van der Waals surface area (Å²) in [6, 6.07) is 11.2. The molecule has 0 aliphatic carbocycles. The number of aryl methyl sites for hydroxylation is 1. The molecule has 1 aromatic carbocycles. The topological polar surface area (TPSA) is 29.5 Å². The molecule has 0 amide bonds. The van der Waals surface area contributed by atoms with E-state index < -0.39 is 7.12 Å². The van der Waals surface area contributed by atoms with E-state index in [9.17, 15) is 5.02 Å². The van der Waals surface area contributed by atoms with Crippen molar-refractivity contribution in [2.24, 2.45) is 0 Å². The Kier molecular flexibility index (Phi) is 3.09. The van der Waals surface area contributed by atoms with E-state index in [2.05, 4.69) is 0 Å². The molecule has 1 N–H and O–H groups in total. The Morgan fingerprint density at radius 3 is 2.53 bits per heavy atom. The first kappa shape index (κ1) is 10.3. The van der Waals surface area contributed by atoms with E-state index in [1.165, 1.54) is 0 Å². The van der Waals surface area contributed by atoms with Gasteiger partial charge in [0.1, 0.15) is 5.75 Å². The summed E-state index contributed by atoms with van der Waals surface area (Å²) >= 11 is 1.61. The van der Waals surface area contributed by atoms with E-state index in [-0.39, 0.29) is 0 Å². The smallest absolute Gasteiger partial charge is 0.532 e. The van der Waals surface area contributed by atoms with Gasteiger partial charge in [-0.2, -0.15) is 0 Å². The summed E-state index contributed by atoms with van der Waals surface area (Å²) < 4.78 is 5.44. The van der Waals surface area contributed by atoms with Gasteiger partial charge in [0.25, 0.3) is 0 Å². The van der Waals surface area contributed by atoms with Gasteiger partial charge in [-0.15, -0.1) is 11.3 Å². The lowest BCUT2D eigenvalue weighted by atomic mass is 9.79. The highest BCUT2D eigenvalue weighted by atomic mass is 32.1. The molecule has 0 aliphatic rings. The van der Waals surface area contributed by atoms with Gasteiger partial charge in [-0.1, -0.05) is 30.3 Å². The molecule has 76 valence electrons. The maximum absolute atomic E-state index is 9.80. The lowest BCUT2D eigenvalue weighted by Gasteiger charge is -2.08. The molecule has 0 unspecified atom stereocenters. The number of hydrogen-bond donors (Lipinski definition) is 1. The zero-order valence-corrected chi connectivity index (χ0v) is 9.20. The predicted octanol–water partition coefficient (Wildman–Crippen LogP) is 1.82. The van der Waals surface area contributed by atoms with E-state index in [4.69, 9.17) is 4.65 Å². The summed E-state index contributed by atoms with van der Waals surface area (Å²) in [5.74, 6) is 0.747. The van der Waals surface area contributed by atoms with Crippen LogP contribution in [0.1, 0.15) is 4.88 Å². The normalized spacial score (nSPS) is 10.0. The first-order chi connectivity index (χ1) is 7.27. The van der Waals surface area contributed by atoms with E-state index in [0.717, 1.165) is 16.1 Å². The van der Waals surface area contributed by atoms with Crippen LogP contribution >= 0.6 is 11.3 Å². The Labute approximate surface area is 93.3 Å². The van der Waals surface area contributed by atoms with Gasteiger partial charge in [0.2, 0.25) is 0 Å². The number of rotatable bonds is 3. The van der Waals surface area contributed by atoms with Crippen molar-refractivity contribution in [3.05, 3.63) is 46.7 Å². The molecule has 2 nitrogen and oxygen atoms in total. The average Bonchev–Trinajstić information content (AvgIpc) is 2.66. The molecule has 0 aliphatic heterocycles. The molecule has 2 aromatic rings. The predicted molar refractivity (Wildman–Crippen MR) is 63.7 cm³/mol. The van der Waals surface area contributed by atoms with Gasteiger partial charge in [-0.25, -0.2) is 0 Å². The van der Waals surface area contributed by atoms with Crippen molar-refractivity contribution in [2.75, 3.05) is 0 Å². The molecule has 4 heteroatoms. The van der Waals surface area contributed by atoms with E-state index in [0.29, 0.717) is 0 Å². The van der Waals surface area contributed by atoms with Crippen LogP contribution in [0.4, 0.5) is 0 Å². The molecule has 0 spiro atoms. The molecule has 15 heavy (non-hydrogen) atoms. The Bertz CT molecular complexity index is 427. The number of thiophene rings is 1. The Balaban J connectivity index is 2.11. The molecule has 0 radical (unpaired) electrons. The molecular weight excluding hydrogens is 207 g/mol. The fourth-order valence-corrected chi connectivity index (χ4v) is 1.93. The lowest BCUT2D eigenvalue weighted by Crippen LogP contribution is -2.36. The standard InChI is InChI=1S/C11H11BO2S/c1-9-11(7-8-15-9)14-12(13)10-5-3-2-4-6-10/h2-8,13H,1H3. The largest absolute Gasteiger partial charge is 0.560 e. The molecule has 0 saturated carbocycles. The highest BCUT2D eigenvalue weighted by molar-refractivity contribution is 7.10. The summed E-state index contributed by atoms with van der Waals surface area (Å²) in [6.07, 6.45) is 0. The van der Waals surface area contributed by atoms with Gasteiger partial charge < -0.3 is 9.68 Å². The SMILES string of the molecule is Cc1sccc1OB(O)c1ccccc1. The minimum atomic E-state index is -0.889. The van der Waals surface area contributed by atoms with Crippen LogP contribution < -0.4 is 10.1 Å². The molecule has 0 fully saturated rings. The van der Waals surface area contributed by atoms with Gasteiger partial charge in [-0.3, -0.25) is 0 Å². The second kappa shape index (κ2) is 4.51. The number of hydrogen-bond acceptors (Lipinski definition) is 3. The van der Waals surface area contributed by atoms with Gasteiger partial charge in [-0.05, 0) is 23.8 Å². The van der Waals surface area contributed by atoms with Gasteiger partial charge >= 0.3 is 7.12 Å². The maximum Gasteiger partial charge on any atom is 0.560 e. The second-order valence-corrected chi connectivity index (χ2v) is 4.34. The fourth-order valence-electron chi connectivity index (χ4n) is 1.30. The van der Waals surface area contributed by atoms with E-state index in [1.54, 1.807) is 11.3 Å².